The maximum atomic E-state index is 11.6. The Balaban J connectivity index is 0.00000242. The van der Waals surface area contributed by atoms with E-state index in [1.807, 2.05) is 18.2 Å². The molecule has 1 aromatic carbocycles. The molecule has 1 atom stereocenters. The summed E-state index contributed by atoms with van der Waals surface area (Å²) in [6, 6.07) is 7.65. The molecule has 0 aliphatic carbocycles. The first-order valence-electron chi connectivity index (χ1n) is 7.56. The molecule has 0 spiro atoms. The van der Waals surface area contributed by atoms with Crippen molar-refractivity contribution in [3.63, 3.8) is 0 Å². The molecule has 132 valence electrons. The van der Waals surface area contributed by atoms with Crippen LogP contribution in [0.1, 0.15) is 30.9 Å². The number of nitrogens with two attached hydrogens (primary N) is 1. The molecule has 1 heterocycles. The van der Waals surface area contributed by atoms with Gasteiger partial charge < -0.3 is 16.2 Å². The fraction of sp³-hybridized carbons (Fsp3) is 0.562. The average Bonchev–Trinajstić information content (AvgIpc) is 2.48. The van der Waals surface area contributed by atoms with Crippen molar-refractivity contribution >= 4 is 30.7 Å². The minimum atomic E-state index is -0.485. The molecule has 7 heteroatoms. The lowest BCUT2D eigenvalue weighted by Gasteiger charge is -2.30. The van der Waals surface area contributed by atoms with E-state index < -0.39 is 6.04 Å². The summed E-state index contributed by atoms with van der Waals surface area (Å²) in [6.07, 6.45) is 1.52. The van der Waals surface area contributed by atoms with Crippen molar-refractivity contribution in [2.75, 3.05) is 13.1 Å². The van der Waals surface area contributed by atoms with E-state index in [1.54, 1.807) is 6.92 Å². The number of hydrogen-bond donors (Lipinski definition) is 3. The number of likely N-dealkylation sites (tertiary alicyclic amines) is 1. The van der Waals surface area contributed by atoms with Crippen LogP contribution in [-0.2, 0) is 17.9 Å². The van der Waals surface area contributed by atoms with E-state index in [0.29, 0.717) is 6.54 Å². The normalized spacial score (nSPS) is 16.8. The lowest BCUT2D eigenvalue weighted by atomic mass is 10.0. The second kappa shape index (κ2) is 10.8. The monoisotopic (exact) mass is 363 g/mol. The summed E-state index contributed by atoms with van der Waals surface area (Å²) < 4.78 is 0. The summed E-state index contributed by atoms with van der Waals surface area (Å²) in [5.41, 5.74) is 7.90. The number of halogens is 2. The number of nitrogens with zero attached hydrogens (tertiary/aromatic N) is 1. The van der Waals surface area contributed by atoms with Gasteiger partial charge in [0.05, 0.1) is 12.1 Å². The van der Waals surface area contributed by atoms with Crippen molar-refractivity contribution in [2.24, 2.45) is 5.73 Å². The maximum absolute atomic E-state index is 11.6. The van der Waals surface area contributed by atoms with Crippen LogP contribution in [0.25, 0.3) is 0 Å². The van der Waals surface area contributed by atoms with Gasteiger partial charge in [-0.05, 0) is 30.9 Å². The molecule has 1 aliphatic rings. The van der Waals surface area contributed by atoms with Crippen molar-refractivity contribution < 1.29 is 9.90 Å². The fourth-order valence-corrected chi connectivity index (χ4v) is 2.55. The maximum Gasteiger partial charge on any atom is 0.236 e. The van der Waals surface area contributed by atoms with Crippen molar-refractivity contribution in [3.05, 3.63) is 35.4 Å². The standard InChI is InChI=1S/C16H25N3O2.2ClH/c1-12(17)16(21)18-10-13-4-2-3-5-14(13)11-19-8-6-15(20)7-9-19;;/h2-5,12,15,20H,6-11,17H2,1H3,(H,18,21);2*1H/t12-;;/m1../s1. The first-order chi connectivity index (χ1) is 10.1. The van der Waals surface area contributed by atoms with Gasteiger partial charge in [0.25, 0.3) is 0 Å². The number of hydrogen-bond acceptors (Lipinski definition) is 4. The molecular formula is C16H27Cl2N3O2. The number of nitrogens with one attached hydrogen (secondary N) is 1. The SMILES string of the molecule is C[C@@H](N)C(=O)NCc1ccccc1CN1CCC(O)CC1.Cl.Cl. The van der Waals surface area contributed by atoms with Crippen LogP contribution >= 0.6 is 24.8 Å². The van der Waals surface area contributed by atoms with Crippen LogP contribution in [0, 0.1) is 0 Å². The van der Waals surface area contributed by atoms with E-state index in [-0.39, 0.29) is 36.8 Å². The quantitative estimate of drug-likeness (QED) is 0.739. The van der Waals surface area contributed by atoms with Crippen LogP contribution in [0.4, 0.5) is 0 Å². The molecule has 0 aromatic heterocycles. The predicted octanol–water partition coefficient (Wildman–Crippen LogP) is 1.45. The lowest BCUT2D eigenvalue weighted by molar-refractivity contribution is -0.122. The zero-order valence-corrected chi connectivity index (χ0v) is 15.0. The number of benzene rings is 1. The van der Waals surface area contributed by atoms with Gasteiger partial charge in [-0.2, -0.15) is 0 Å². The molecule has 0 unspecified atom stereocenters. The van der Waals surface area contributed by atoms with Gasteiger partial charge >= 0.3 is 0 Å². The Labute approximate surface area is 150 Å². The topological polar surface area (TPSA) is 78.6 Å². The zero-order valence-electron chi connectivity index (χ0n) is 13.4. The van der Waals surface area contributed by atoms with E-state index >= 15 is 0 Å². The molecule has 1 saturated heterocycles. The summed E-state index contributed by atoms with van der Waals surface area (Å²) in [5.74, 6) is -0.133. The molecule has 1 fully saturated rings. The highest BCUT2D eigenvalue weighted by Gasteiger charge is 2.18. The summed E-state index contributed by atoms with van der Waals surface area (Å²) >= 11 is 0. The molecule has 5 nitrogen and oxygen atoms in total. The van der Waals surface area contributed by atoms with E-state index in [0.717, 1.165) is 38.0 Å². The van der Waals surface area contributed by atoms with Crippen LogP contribution in [0.15, 0.2) is 24.3 Å². The van der Waals surface area contributed by atoms with Gasteiger partial charge in [0.15, 0.2) is 0 Å². The highest BCUT2D eigenvalue weighted by molar-refractivity contribution is 5.85. The zero-order chi connectivity index (χ0) is 15.2. The molecule has 0 bridgehead atoms. The summed E-state index contributed by atoms with van der Waals surface area (Å²) in [6.45, 7) is 4.88. The number of carbonyl (C=O) groups is 1. The van der Waals surface area contributed by atoms with Crippen molar-refractivity contribution in [3.8, 4) is 0 Å². The highest BCUT2D eigenvalue weighted by Crippen LogP contribution is 2.16. The number of carbonyl (C=O) groups excluding carboxylic acids is 1. The molecule has 2 rings (SSSR count). The number of rotatable bonds is 5. The third-order valence-corrected chi connectivity index (χ3v) is 3.94. The molecule has 0 saturated carbocycles. The Bertz CT molecular complexity index is 478. The second-order valence-electron chi connectivity index (χ2n) is 5.78. The largest absolute Gasteiger partial charge is 0.393 e. The Hall–Kier alpha value is -0.850. The molecule has 1 aliphatic heterocycles. The summed E-state index contributed by atoms with van der Waals surface area (Å²) in [7, 11) is 0. The van der Waals surface area contributed by atoms with Crippen molar-refractivity contribution in [1.82, 2.24) is 10.2 Å². The Morgan fingerprint density at radius 1 is 1.30 bits per heavy atom. The number of aliphatic hydroxyl groups is 1. The third-order valence-electron chi connectivity index (χ3n) is 3.94. The molecule has 1 amide bonds. The van der Waals surface area contributed by atoms with Crippen molar-refractivity contribution in [1.29, 1.82) is 0 Å². The molecule has 1 aromatic rings. The second-order valence-corrected chi connectivity index (χ2v) is 5.78. The molecule has 4 N–H and O–H groups in total. The van der Waals surface area contributed by atoms with Crippen LogP contribution in [-0.4, -0.2) is 41.1 Å². The Morgan fingerprint density at radius 3 is 2.43 bits per heavy atom. The van der Waals surface area contributed by atoms with E-state index in [4.69, 9.17) is 5.73 Å². The lowest BCUT2D eigenvalue weighted by Crippen LogP contribution is -2.38. The first-order valence-corrected chi connectivity index (χ1v) is 7.56. The van der Waals surface area contributed by atoms with Gasteiger partial charge in [0.2, 0.25) is 5.91 Å². The van der Waals surface area contributed by atoms with E-state index in [2.05, 4.69) is 16.3 Å². The van der Waals surface area contributed by atoms with Crippen molar-refractivity contribution in [2.45, 2.75) is 45.0 Å². The first kappa shape index (κ1) is 22.1. The minimum absolute atomic E-state index is 0. The van der Waals surface area contributed by atoms with Gasteiger partial charge in [-0.1, -0.05) is 24.3 Å². The fourth-order valence-electron chi connectivity index (χ4n) is 2.55. The minimum Gasteiger partial charge on any atom is -0.393 e. The van der Waals surface area contributed by atoms with Gasteiger partial charge in [-0.15, -0.1) is 24.8 Å². The molecule has 23 heavy (non-hydrogen) atoms. The summed E-state index contributed by atoms with van der Waals surface area (Å²) in [4.78, 5) is 13.9. The number of piperidine rings is 1. The summed E-state index contributed by atoms with van der Waals surface area (Å²) in [5, 5.41) is 12.4. The Morgan fingerprint density at radius 2 is 1.87 bits per heavy atom. The smallest absolute Gasteiger partial charge is 0.236 e. The van der Waals surface area contributed by atoms with Crippen LogP contribution in [0.2, 0.25) is 0 Å². The number of amides is 1. The van der Waals surface area contributed by atoms with Crippen LogP contribution in [0.3, 0.4) is 0 Å². The predicted molar refractivity (Wildman–Crippen MR) is 97.0 cm³/mol. The van der Waals surface area contributed by atoms with Crippen LogP contribution < -0.4 is 11.1 Å². The van der Waals surface area contributed by atoms with E-state index in [9.17, 15) is 9.90 Å². The highest BCUT2D eigenvalue weighted by atomic mass is 35.5. The van der Waals surface area contributed by atoms with E-state index in [1.165, 1.54) is 5.56 Å². The van der Waals surface area contributed by atoms with Gasteiger partial charge in [0, 0.05) is 26.2 Å². The molecular weight excluding hydrogens is 337 g/mol. The third kappa shape index (κ3) is 7.06. The van der Waals surface area contributed by atoms with Crippen LogP contribution in [0.5, 0.6) is 0 Å². The van der Waals surface area contributed by atoms with Gasteiger partial charge in [-0.3, -0.25) is 9.69 Å². The molecule has 0 radical (unpaired) electrons. The van der Waals surface area contributed by atoms with Gasteiger partial charge in [0.1, 0.15) is 0 Å². The average molecular weight is 364 g/mol. The van der Waals surface area contributed by atoms with Gasteiger partial charge in [-0.25, -0.2) is 0 Å². The number of aliphatic hydroxyl groups excluding tert-OH is 1. The Kier molecular flexibility index (Phi) is 10.4.